The molecule has 1 N–H and O–H groups in total. The first-order valence-electron chi connectivity index (χ1n) is 6.21. The summed E-state index contributed by atoms with van der Waals surface area (Å²) < 4.78 is 7.25. The Labute approximate surface area is 115 Å². The minimum Gasteiger partial charge on any atom is -0.481 e. The maximum absolute atomic E-state index is 10.6. The molecule has 1 unspecified atom stereocenters. The Kier molecular flexibility index (Phi) is 5.17. The molecule has 8 heteroatoms. The topological polar surface area (TPSA) is 80.5 Å². The third kappa shape index (κ3) is 4.19. The third-order valence-electron chi connectivity index (χ3n) is 2.97. The summed E-state index contributed by atoms with van der Waals surface area (Å²) in [7, 11) is 0. The van der Waals surface area contributed by atoms with Crippen LogP contribution in [0.2, 0.25) is 0 Å². The number of carboxylic acids is 1. The first-order chi connectivity index (χ1) is 9.16. The molecule has 0 aromatic carbocycles. The number of carboxylic acid groups (broad SMARTS) is 1. The highest BCUT2D eigenvalue weighted by molar-refractivity contribution is 7.99. The molecule has 2 rings (SSSR count). The zero-order valence-electron chi connectivity index (χ0n) is 10.9. The molecule has 1 saturated heterocycles. The highest BCUT2D eigenvalue weighted by Gasteiger charge is 2.17. The lowest BCUT2D eigenvalue weighted by Gasteiger charge is -2.29. The van der Waals surface area contributed by atoms with Crippen LogP contribution in [0, 0.1) is 0 Å². The fourth-order valence-corrected chi connectivity index (χ4v) is 2.74. The van der Waals surface area contributed by atoms with Gasteiger partial charge in [0.05, 0.1) is 19.0 Å². The van der Waals surface area contributed by atoms with Crippen molar-refractivity contribution in [1.82, 2.24) is 19.7 Å². The van der Waals surface area contributed by atoms with Gasteiger partial charge in [0.2, 0.25) is 0 Å². The van der Waals surface area contributed by atoms with Gasteiger partial charge in [0.15, 0.2) is 5.16 Å². The van der Waals surface area contributed by atoms with E-state index in [2.05, 4.69) is 22.0 Å². The van der Waals surface area contributed by atoms with E-state index in [-0.39, 0.29) is 11.8 Å². The summed E-state index contributed by atoms with van der Waals surface area (Å²) in [5, 5.41) is 17.2. The van der Waals surface area contributed by atoms with Crippen molar-refractivity contribution in [2.45, 2.75) is 18.1 Å². The summed E-state index contributed by atoms with van der Waals surface area (Å²) in [5.41, 5.74) is 0. The lowest BCUT2D eigenvalue weighted by Crippen LogP contribution is -2.39. The van der Waals surface area contributed by atoms with E-state index in [0.29, 0.717) is 5.16 Å². The fraction of sp³-hybridized carbons (Fsp3) is 0.727. The Morgan fingerprint density at radius 1 is 1.58 bits per heavy atom. The minimum absolute atomic E-state index is 0.00294. The quantitative estimate of drug-likeness (QED) is 0.756. The van der Waals surface area contributed by atoms with E-state index in [0.717, 1.165) is 32.8 Å². The van der Waals surface area contributed by atoms with Crippen LogP contribution in [0.1, 0.15) is 13.0 Å². The summed E-state index contributed by atoms with van der Waals surface area (Å²) in [6.07, 6.45) is 1.66. The zero-order valence-corrected chi connectivity index (χ0v) is 11.7. The van der Waals surface area contributed by atoms with E-state index in [4.69, 9.17) is 9.84 Å². The van der Waals surface area contributed by atoms with Gasteiger partial charge in [-0.2, -0.15) is 0 Å². The molecule has 0 saturated carbocycles. The Morgan fingerprint density at radius 2 is 2.32 bits per heavy atom. The van der Waals surface area contributed by atoms with Crippen molar-refractivity contribution in [3.05, 3.63) is 6.33 Å². The number of hydrogen-bond donors (Lipinski definition) is 1. The van der Waals surface area contributed by atoms with Crippen LogP contribution < -0.4 is 0 Å². The Bertz CT molecular complexity index is 420. The molecule has 19 heavy (non-hydrogen) atoms. The van der Waals surface area contributed by atoms with Gasteiger partial charge in [0, 0.05) is 25.7 Å². The number of carbonyl (C=O) groups is 1. The molecule has 7 nitrogen and oxygen atoms in total. The first kappa shape index (κ1) is 14.3. The SMILES string of the molecule is CC(CN1CCOCC1)n1cnnc1SCC(=O)O. The standard InChI is InChI=1S/C11H18N4O3S/c1-9(6-14-2-4-18-5-3-14)15-8-12-13-11(15)19-7-10(16)17/h8-9H,2-7H2,1H3,(H,16,17). The molecule has 106 valence electrons. The van der Waals surface area contributed by atoms with Gasteiger partial charge < -0.3 is 14.4 Å². The molecular weight excluding hydrogens is 268 g/mol. The summed E-state index contributed by atoms with van der Waals surface area (Å²) in [6.45, 7) is 6.39. The minimum atomic E-state index is -0.847. The summed E-state index contributed by atoms with van der Waals surface area (Å²) in [4.78, 5) is 12.9. The predicted octanol–water partition coefficient (Wildman–Crippen LogP) is 0.348. The van der Waals surface area contributed by atoms with Crippen molar-refractivity contribution in [2.24, 2.45) is 0 Å². The van der Waals surface area contributed by atoms with Gasteiger partial charge in [0.25, 0.3) is 0 Å². The van der Waals surface area contributed by atoms with Gasteiger partial charge in [-0.1, -0.05) is 11.8 Å². The van der Waals surface area contributed by atoms with E-state index < -0.39 is 5.97 Å². The molecule has 1 aliphatic rings. The van der Waals surface area contributed by atoms with Crippen molar-refractivity contribution in [2.75, 3.05) is 38.6 Å². The van der Waals surface area contributed by atoms with Gasteiger partial charge in [-0.3, -0.25) is 9.69 Å². The van der Waals surface area contributed by atoms with Crippen LogP contribution in [0.5, 0.6) is 0 Å². The summed E-state index contributed by atoms with van der Waals surface area (Å²) in [5.74, 6) is -0.844. The molecule has 1 aliphatic heterocycles. The fourth-order valence-electron chi connectivity index (χ4n) is 2.01. The lowest BCUT2D eigenvalue weighted by atomic mass is 10.3. The average molecular weight is 286 g/mol. The number of nitrogens with zero attached hydrogens (tertiary/aromatic N) is 4. The molecule has 2 heterocycles. The van der Waals surface area contributed by atoms with Gasteiger partial charge in [-0.05, 0) is 6.92 Å². The van der Waals surface area contributed by atoms with Gasteiger partial charge >= 0.3 is 5.97 Å². The summed E-state index contributed by atoms with van der Waals surface area (Å²) >= 11 is 1.20. The average Bonchev–Trinajstić information content (AvgIpc) is 2.86. The van der Waals surface area contributed by atoms with Crippen molar-refractivity contribution < 1.29 is 14.6 Å². The van der Waals surface area contributed by atoms with Crippen LogP contribution in [0.3, 0.4) is 0 Å². The number of ether oxygens (including phenoxy) is 1. The highest BCUT2D eigenvalue weighted by Crippen LogP contribution is 2.19. The summed E-state index contributed by atoms with van der Waals surface area (Å²) in [6, 6.07) is 0.212. The largest absolute Gasteiger partial charge is 0.481 e. The van der Waals surface area contributed by atoms with Crippen LogP contribution in [-0.2, 0) is 9.53 Å². The van der Waals surface area contributed by atoms with Crippen LogP contribution in [0.15, 0.2) is 11.5 Å². The number of aromatic nitrogens is 3. The molecule has 1 aromatic rings. The second-order valence-corrected chi connectivity index (χ2v) is 5.41. The molecule has 1 fully saturated rings. The number of rotatable bonds is 6. The predicted molar refractivity (Wildman–Crippen MR) is 70.4 cm³/mol. The molecule has 0 radical (unpaired) electrons. The second kappa shape index (κ2) is 6.88. The van der Waals surface area contributed by atoms with Crippen LogP contribution in [-0.4, -0.2) is 69.3 Å². The molecule has 0 spiro atoms. The van der Waals surface area contributed by atoms with Crippen LogP contribution in [0.25, 0.3) is 0 Å². The number of thioether (sulfide) groups is 1. The van der Waals surface area contributed by atoms with E-state index in [1.165, 1.54) is 11.8 Å². The number of hydrogen-bond acceptors (Lipinski definition) is 6. The van der Waals surface area contributed by atoms with E-state index in [1.54, 1.807) is 6.33 Å². The molecule has 1 atom stereocenters. The van der Waals surface area contributed by atoms with Gasteiger partial charge in [0.1, 0.15) is 6.33 Å². The molecular formula is C11H18N4O3S. The van der Waals surface area contributed by atoms with Crippen molar-refractivity contribution >= 4 is 17.7 Å². The smallest absolute Gasteiger partial charge is 0.313 e. The number of morpholine rings is 1. The van der Waals surface area contributed by atoms with Crippen molar-refractivity contribution in [3.8, 4) is 0 Å². The Balaban J connectivity index is 1.92. The first-order valence-corrected chi connectivity index (χ1v) is 7.19. The Hall–Kier alpha value is -1.12. The monoisotopic (exact) mass is 286 g/mol. The lowest BCUT2D eigenvalue weighted by molar-refractivity contribution is -0.133. The molecule has 0 amide bonds. The van der Waals surface area contributed by atoms with Crippen molar-refractivity contribution in [3.63, 3.8) is 0 Å². The second-order valence-electron chi connectivity index (χ2n) is 4.47. The van der Waals surface area contributed by atoms with Crippen LogP contribution in [0.4, 0.5) is 0 Å². The maximum Gasteiger partial charge on any atom is 0.313 e. The van der Waals surface area contributed by atoms with Gasteiger partial charge in [-0.25, -0.2) is 0 Å². The number of aliphatic carboxylic acids is 1. The maximum atomic E-state index is 10.6. The Morgan fingerprint density at radius 3 is 3.00 bits per heavy atom. The molecule has 0 bridgehead atoms. The van der Waals surface area contributed by atoms with Gasteiger partial charge in [-0.15, -0.1) is 10.2 Å². The van der Waals surface area contributed by atoms with E-state index in [9.17, 15) is 4.79 Å². The normalized spacial score (nSPS) is 18.4. The van der Waals surface area contributed by atoms with E-state index in [1.807, 2.05) is 4.57 Å². The molecule has 0 aliphatic carbocycles. The van der Waals surface area contributed by atoms with Crippen molar-refractivity contribution in [1.29, 1.82) is 0 Å². The highest BCUT2D eigenvalue weighted by atomic mass is 32.2. The zero-order chi connectivity index (χ0) is 13.7. The van der Waals surface area contributed by atoms with Crippen LogP contribution >= 0.6 is 11.8 Å². The van der Waals surface area contributed by atoms with E-state index >= 15 is 0 Å². The third-order valence-corrected chi connectivity index (χ3v) is 3.91. The molecule has 1 aromatic heterocycles.